The maximum absolute atomic E-state index is 13.5. The van der Waals surface area contributed by atoms with E-state index < -0.39 is 27.8 Å². The summed E-state index contributed by atoms with van der Waals surface area (Å²) in [6, 6.07) is 0. The van der Waals surface area contributed by atoms with E-state index in [0.717, 1.165) is 45.7 Å². The molecule has 0 radical (unpaired) electrons. The first-order valence-corrected chi connectivity index (χ1v) is 13.1. The molecular weight excluding hydrogens is 509 g/mol. The second-order valence-corrected chi connectivity index (χ2v) is 11.1. The quantitative estimate of drug-likeness (QED) is 0.592. The van der Waals surface area contributed by atoms with Crippen molar-refractivity contribution in [2.45, 2.75) is 49.5 Å². The molecule has 0 bridgehead atoms. The Morgan fingerprint density at radius 3 is 2.33 bits per heavy atom. The number of aryl methyl sites for hydroxylation is 2. The lowest BCUT2D eigenvalue weighted by Crippen LogP contribution is -2.48. The highest BCUT2D eigenvalue weighted by atomic mass is 32.2. The molecule has 0 amide bonds. The lowest BCUT2D eigenvalue weighted by atomic mass is 10.0. The van der Waals surface area contributed by atoms with Gasteiger partial charge in [0.2, 0.25) is 10.0 Å². The summed E-state index contributed by atoms with van der Waals surface area (Å²) in [6.45, 7) is 9.22. The first kappa shape index (κ1) is 28.8. The molecule has 1 N–H and O–H groups in total. The number of carbonyl (C=O) groups is 1. The Bertz CT molecular complexity index is 1030. The molecule has 1 aromatic heterocycles. The minimum Gasteiger partial charge on any atom is -0.475 e. The maximum Gasteiger partial charge on any atom is 0.490 e. The molecule has 0 saturated carbocycles. The van der Waals surface area contributed by atoms with Crippen LogP contribution in [0.1, 0.15) is 24.2 Å². The second-order valence-electron chi connectivity index (χ2n) is 9.19. The average molecular weight is 543 g/mol. The molecule has 4 rings (SSSR count). The summed E-state index contributed by atoms with van der Waals surface area (Å²) in [5, 5.41) is 11.4. The zero-order valence-corrected chi connectivity index (χ0v) is 21.4. The monoisotopic (exact) mass is 542 g/mol. The minimum absolute atomic E-state index is 0.0984. The van der Waals surface area contributed by atoms with Gasteiger partial charge < -0.3 is 19.3 Å². The van der Waals surface area contributed by atoms with Crippen LogP contribution in [-0.4, -0.2) is 116 Å². The van der Waals surface area contributed by atoms with E-state index in [2.05, 4.69) is 10.00 Å². The fourth-order valence-corrected chi connectivity index (χ4v) is 6.55. The smallest absolute Gasteiger partial charge is 0.475 e. The van der Waals surface area contributed by atoms with Gasteiger partial charge in [0, 0.05) is 39.8 Å². The number of sulfonamides is 1. The van der Waals surface area contributed by atoms with E-state index in [1.807, 2.05) is 0 Å². The van der Waals surface area contributed by atoms with Gasteiger partial charge in [-0.05, 0) is 26.7 Å². The molecular formula is C21H33F3N4O7S. The van der Waals surface area contributed by atoms with Crippen LogP contribution in [-0.2, 0) is 36.1 Å². The van der Waals surface area contributed by atoms with Gasteiger partial charge in [-0.25, -0.2) is 13.2 Å². The van der Waals surface area contributed by atoms with E-state index in [9.17, 15) is 21.6 Å². The number of hydrogen-bond acceptors (Lipinski definition) is 8. The topological polar surface area (TPSA) is 123 Å². The number of alkyl halides is 3. The van der Waals surface area contributed by atoms with Crippen molar-refractivity contribution in [2.75, 3.05) is 59.2 Å². The molecule has 3 fully saturated rings. The van der Waals surface area contributed by atoms with Crippen molar-refractivity contribution in [1.82, 2.24) is 19.0 Å². The van der Waals surface area contributed by atoms with Crippen LogP contribution in [0, 0.1) is 13.8 Å². The predicted octanol–water partition coefficient (Wildman–Crippen LogP) is 0.941. The highest BCUT2D eigenvalue weighted by molar-refractivity contribution is 7.89. The van der Waals surface area contributed by atoms with Gasteiger partial charge in [-0.3, -0.25) is 9.58 Å². The van der Waals surface area contributed by atoms with Crippen molar-refractivity contribution in [3.8, 4) is 0 Å². The molecule has 11 nitrogen and oxygen atoms in total. The van der Waals surface area contributed by atoms with Gasteiger partial charge in [-0.2, -0.15) is 22.6 Å². The Morgan fingerprint density at radius 2 is 1.78 bits per heavy atom. The summed E-state index contributed by atoms with van der Waals surface area (Å²) in [5.41, 5.74) is 0.603. The summed E-state index contributed by atoms with van der Waals surface area (Å²) in [6.07, 6.45) is -3.26. The second kappa shape index (κ2) is 11.3. The molecule has 4 heterocycles. The fourth-order valence-electron chi connectivity index (χ4n) is 4.65. The maximum atomic E-state index is 13.5. The van der Waals surface area contributed by atoms with E-state index in [-0.39, 0.29) is 6.10 Å². The van der Waals surface area contributed by atoms with Crippen molar-refractivity contribution in [1.29, 1.82) is 0 Å². The van der Waals surface area contributed by atoms with Crippen molar-refractivity contribution in [2.24, 2.45) is 7.05 Å². The molecule has 36 heavy (non-hydrogen) atoms. The van der Waals surface area contributed by atoms with E-state index in [0.29, 0.717) is 42.6 Å². The fraction of sp³-hybridized carbons (Fsp3) is 0.810. The number of carboxylic acid groups (broad SMARTS) is 1. The molecule has 3 saturated heterocycles. The van der Waals surface area contributed by atoms with Gasteiger partial charge in [-0.1, -0.05) is 0 Å². The third kappa shape index (κ3) is 6.75. The summed E-state index contributed by atoms with van der Waals surface area (Å²) in [4.78, 5) is 11.6. The first-order valence-electron chi connectivity index (χ1n) is 11.6. The van der Waals surface area contributed by atoms with Gasteiger partial charge in [0.15, 0.2) is 0 Å². The van der Waals surface area contributed by atoms with Gasteiger partial charge in [-0.15, -0.1) is 0 Å². The molecule has 0 aromatic carbocycles. The van der Waals surface area contributed by atoms with Crippen LogP contribution in [0.4, 0.5) is 13.2 Å². The van der Waals surface area contributed by atoms with Crippen LogP contribution >= 0.6 is 0 Å². The Kier molecular flexibility index (Phi) is 9.04. The summed E-state index contributed by atoms with van der Waals surface area (Å²) >= 11 is 0. The van der Waals surface area contributed by atoms with Crippen LogP contribution in [0.2, 0.25) is 0 Å². The summed E-state index contributed by atoms with van der Waals surface area (Å²) < 4.78 is 79.5. The zero-order valence-electron chi connectivity index (χ0n) is 20.6. The SMILES string of the molecule is Cc1nn(C)c(C)c1S(=O)(=O)N1CCOC[C@@]2(CC[C@H](CN3CCOCC3)O2)C1.O=C(O)C(F)(F)F. The molecule has 1 aromatic rings. The van der Waals surface area contributed by atoms with E-state index in [1.165, 1.54) is 4.31 Å². The van der Waals surface area contributed by atoms with Crippen LogP contribution in [0.15, 0.2) is 4.90 Å². The Labute approximate surface area is 208 Å². The number of nitrogens with zero attached hydrogens (tertiary/aromatic N) is 4. The molecule has 15 heteroatoms. The normalized spacial score (nSPS) is 26.4. The number of aliphatic carboxylic acids is 1. The largest absolute Gasteiger partial charge is 0.490 e. The average Bonchev–Trinajstić information content (AvgIpc) is 3.20. The highest BCUT2D eigenvalue weighted by Gasteiger charge is 2.46. The Hall–Kier alpha value is -1.78. The van der Waals surface area contributed by atoms with Crippen LogP contribution in [0.25, 0.3) is 0 Å². The number of ether oxygens (including phenoxy) is 3. The number of hydrogen-bond donors (Lipinski definition) is 1. The highest BCUT2D eigenvalue weighted by Crippen LogP contribution is 2.35. The van der Waals surface area contributed by atoms with Gasteiger partial charge >= 0.3 is 12.1 Å². The molecule has 2 atom stereocenters. The third-order valence-corrected chi connectivity index (χ3v) is 8.60. The number of rotatable bonds is 4. The number of halogens is 3. The van der Waals surface area contributed by atoms with Crippen LogP contribution < -0.4 is 0 Å². The van der Waals surface area contributed by atoms with Crippen molar-refractivity contribution in [3.05, 3.63) is 11.4 Å². The summed E-state index contributed by atoms with van der Waals surface area (Å²) in [5.74, 6) is -2.76. The van der Waals surface area contributed by atoms with Crippen LogP contribution in [0.5, 0.6) is 0 Å². The molecule has 3 aliphatic rings. The molecule has 206 valence electrons. The van der Waals surface area contributed by atoms with Crippen molar-refractivity contribution < 1.29 is 45.7 Å². The number of morpholine rings is 1. The Morgan fingerprint density at radius 1 is 1.17 bits per heavy atom. The molecule has 3 aliphatic heterocycles. The molecule has 0 aliphatic carbocycles. The van der Waals surface area contributed by atoms with Gasteiger partial charge in [0.05, 0.1) is 43.9 Å². The predicted molar refractivity (Wildman–Crippen MR) is 120 cm³/mol. The van der Waals surface area contributed by atoms with Crippen molar-refractivity contribution in [3.63, 3.8) is 0 Å². The molecule has 0 unspecified atom stereocenters. The Balaban J connectivity index is 0.000000454. The first-order chi connectivity index (χ1) is 16.7. The number of carboxylic acids is 1. The lowest BCUT2D eigenvalue weighted by Gasteiger charge is -2.33. The van der Waals surface area contributed by atoms with E-state index in [4.69, 9.17) is 24.1 Å². The van der Waals surface area contributed by atoms with Gasteiger partial charge in [0.25, 0.3) is 0 Å². The third-order valence-electron chi connectivity index (χ3n) is 6.50. The van der Waals surface area contributed by atoms with E-state index >= 15 is 0 Å². The standard InChI is InChI=1S/C19H32N4O5S.C2HF3O2/c1-15-18(16(2)21(3)20-15)29(24,25)23-8-11-27-14-19(13-23)5-4-17(28-19)12-22-6-9-26-10-7-22;3-2(4,5)1(6)7/h17H,4-14H2,1-3H3;(H,6,7)/t17-,19-;/m1./s1. The zero-order chi connectivity index (χ0) is 26.7. The number of aromatic nitrogens is 2. The minimum atomic E-state index is -5.08. The molecule has 1 spiro atoms. The van der Waals surface area contributed by atoms with Gasteiger partial charge in [0.1, 0.15) is 10.5 Å². The lowest BCUT2D eigenvalue weighted by molar-refractivity contribution is -0.192. The summed E-state index contributed by atoms with van der Waals surface area (Å²) in [7, 11) is -1.90. The van der Waals surface area contributed by atoms with Crippen LogP contribution in [0.3, 0.4) is 0 Å². The van der Waals surface area contributed by atoms with Crippen molar-refractivity contribution >= 4 is 16.0 Å². The van der Waals surface area contributed by atoms with E-state index in [1.54, 1.807) is 25.6 Å².